The van der Waals surface area contributed by atoms with E-state index in [0.717, 1.165) is 18.4 Å². The van der Waals surface area contributed by atoms with Crippen molar-refractivity contribution in [2.24, 2.45) is 11.7 Å². The van der Waals surface area contributed by atoms with Crippen LogP contribution in [0.25, 0.3) is 16.5 Å². The summed E-state index contributed by atoms with van der Waals surface area (Å²) < 4.78 is 0. The molecule has 0 saturated heterocycles. The van der Waals surface area contributed by atoms with Crippen molar-refractivity contribution in [3.8, 4) is 0 Å². The quantitative estimate of drug-likeness (QED) is 0.797. The Morgan fingerprint density at radius 3 is 2.96 bits per heavy atom. The number of nitrogens with zero attached hydrogens (tertiary/aromatic N) is 1. The van der Waals surface area contributed by atoms with Crippen molar-refractivity contribution in [1.82, 2.24) is 9.88 Å². The van der Waals surface area contributed by atoms with Crippen LogP contribution in [-0.4, -0.2) is 47.1 Å². The summed E-state index contributed by atoms with van der Waals surface area (Å²) in [6.07, 6.45) is 5.98. The number of amides is 1. The molecule has 1 aromatic heterocycles. The third-order valence-electron chi connectivity index (χ3n) is 5.94. The van der Waals surface area contributed by atoms with Gasteiger partial charge in [-0.1, -0.05) is 19.1 Å². The number of primary amides is 1. The predicted molar refractivity (Wildman–Crippen MR) is 99.2 cm³/mol. The average Bonchev–Trinajstić information content (AvgIpc) is 3.01. The first kappa shape index (κ1) is 16.4. The Hall–Kier alpha value is -2.11. The number of benzene rings is 1. The maximum atomic E-state index is 11.8. The van der Waals surface area contributed by atoms with E-state index in [-0.39, 0.29) is 30.4 Å². The highest BCUT2D eigenvalue weighted by atomic mass is 16.3. The van der Waals surface area contributed by atoms with Gasteiger partial charge < -0.3 is 15.8 Å². The van der Waals surface area contributed by atoms with Crippen LogP contribution in [-0.2, 0) is 11.2 Å². The fraction of sp³-hybridized carbons (Fsp3) is 0.450. The molecule has 1 aliphatic carbocycles. The molecule has 2 aliphatic rings. The molecule has 2 unspecified atom stereocenters. The molecule has 1 amide bonds. The number of carbonyl (C=O) groups is 1. The molecule has 132 valence electrons. The Labute approximate surface area is 147 Å². The molecule has 0 fully saturated rings. The van der Waals surface area contributed by atoms with Gasteiger partial charge >= 0.3 is 0 Å². The van der Waals surface area contributed by atoms with E-state index in [1.165, 1.54) is 27.6 Å². The number of aromatic nitrogens is 1. The van der Waals surface area contributed by atoms with E-state index in [4.69, 9.17) is 5.73 Å². The van der Waals surface area contributed by atoms with E-state index in [9.17, 15) is 9.90 Å². The first-order chi connectivity index (χ1) is 12.0. The van der Waals surface area contributed by atoms with E-state index in [1.807, 2.05) is 0 Å². The fourth-order valence-electron chi connectivity index (χ4n) is 4.52. The van der Waals surface area contributed by atoms with Gasteiger partial charge in [0.25, 0.3) is 0 Å². The number of aliphatic hydroxyl groups is 1. The second-order valence-corrected chi connectivity index (χ2v) is 7.34. The fourth-order valence-corrected chi connectivity index (χ4v) is 4.52. The maximum absolute atomic E-state index is 11.8. The number of fused-ring (bicyclic) bond motifs is 2. The first-order valence-electron chi connectivity index (χ1n) is 9.00. The van der Waals surface area contributed by atoms with Crippen LogP contribution in [0.2, 0.25) is 0 Å². The molecule has 0 radical (unpaired) electrons. The van der Waals surface area contributed by atoms with Gasteiger partial charge in [0.05, 0.1) is 5.92 Å². The average molecular weight is 339 g/mol. The zero-order valence-electron chi connectivity index (χ0n) is 14.7. The summed E-state index contributed by atoms with van der Waals surface area (Å²) >= 11 is 0. The molecule has 0 spiro atoms. The van der Waals surface area contributed by atoms with E-state index >= 15 is 0 Å². The van der Waals surface area contributed by atoms with Crippen LogP contribution >= 0.6 is 0 Å². The Morgan fingerprint density at radius 2 is 2.28 bits per heavy atom. The molecule has 0 bridgehead atoms. The minimum absolute atomic E-state index is 0.0982. The smallest absolute Gasteiger partial charge is 0.225 e. The van der Waals surface area contributed by atoms with E-state index in [1.54, 1.807) is 0 Å². The van der Waals surface area contributed by atoms with Gasteiger partial charge in [0.2, 0.25) is 5.91 Å². The highest BCUT2D eigenvalue weighted by Gasteiger charge is 2.36. The van der Waals surface area contributed by atoms with Crippen LogP contribution in [0.5, 0.6) is 0 Å². The Morgan fingerprint density at radius 1 is 1.48 bits per heavy atom. The molecule has 5 nitrogen and oxygen atoms in total. The molecule has 25 heavy (non-hydrogen) atoms. The molecule has 4 N–H and O–H groups in total. The zero-order chi connectivity index (χ0) is 17.7. The lowest BCUT2D eigenvalue weighted by atomic mass is 9.75. The summed E-state index contributed by atoms with van der Waals surface area (Å²) in [6, 6.07) is 4.48. The summed E-state index contributed by atoms with van der Waals surface area (Å²) in [7, 11) is 2.06. The highest BCUT2D eigenvalue weighted by Crippen LogP contribution is 2.44. The molecule has 1 aromatic carbocycles. The molecular weight excluding hydrogens is 314 g/mol. The van der Waals surface area contributed by atoms with Crippen molar-refractivity contribution in [1.29, 1.82) is 0 Å². The van der Waals surface area contributed by atoms with E-state index in [2.05, 4.69) is 48.3 Å². The van der Waals surface area contributed by atoms with Crippen LogP contribution in [0, 0.1) is 5.92 Å². The molecule has 0 saturated carbocycles. The van der Waals surface area contributed by atoms with Gasteiger partial charge in [-0.15, -0.1) is 0 Å². The number of nitrogens with two attached hydrogens (primary N) is 1. The van der Waals surface area contributed by atoms with Crippen LogP contribution in [0.3, 0.4) is 0 Å². The minimum Gasteiger partial charge on any atom is -0.396 e. The first-order valence-corrected chi connectivity index (χ1v) is 9.00. The summed E-state index contributed by atoms with van der Waals surface area (Å²) in [5.41, 5.74) is 11.6. The van der Waals surface area contributed by atoms with Gasteiger partial charge in [-0.2, -0.15) is 0 Å². The molecule has 2 heterocycles. The Balaban J connectivity index is 2.00. The Kier molecular flexibility index (Phi) is 3.93. The van der Waals surface area contributed by atoms with Crippen molar-refractivity contribution in [2.45, 2.75) is 31.7 Å². The summed E-state index contributed by atoms with van der Waals surface area (Å²) in [6.45, 7) is 2.89. The molecule has 3 atom stereocenters. The lowest BCUT2D eigenvalue weighted by Crippen LogP contribution is -2.45. The third kappa shape index (κ3) is 2.41. The SMILES string of the molecule is CC[C@H](CO)c1ccc2[nH]cc3c2c1C1=CC(C(N)=O)CN(C)C1C3. The van der Waals surface area contributed by atoms with Gasteiger partial charge in [0.15, 0.2) is 0 Å². The summed E-state index contributed by atoms with van der Waals surface area (Å²) in [5, 5.41) is 11.1. The normalized spacial score (nSPS) is 24.0. The number of aromatic amines is 1. The van der Waals surface area contributed by atoms with Crippen LogP contribution < -0.4 is 5.73 Å². The van der Waals surface area contributed by atoms with Crippen LogP contribution in [0.4, 0.5) is 0 Å². The summed E-state index contributed by atoms with van der Waals surface area (Å²) in [4.78, 5) is 17.5. The maximum Gasteiger partial charge on any atom is 0.225 e. The number of carbonyl (C=O) groups excluding carboxylic acids is 1. The largest absolute Gasteiger partial charge is 0.396 e. The molecule has 1 aliphatic heterocycles. The molecular formula is C20H25N3O2. The monoisotopic (exact) mass is 339 g/mol. The number of H-pyrrole nitrogens is 1. The molecule has 4 rings (SSSR count). The van der Waals surface area contributed by atoms with Crippen molar-refractivity contribution in [2.75, 3.05) is 20.2 Å². The lowest BCUT2D eigenvalue weighted by molar-refractivity contribution is -0.121. The van der Waals surface area contributed by atoms with Gasteiger partial charge in [-0.3, -0.25) is 9.69 Å². The number of nitrogens with one attached hydrogen (secondary N) is 1. The second-order valence-electron chi connectivity index (χ2n) is 7.34. The van der Waals surface area contributed by atoms with E-state index < -0.39 is 0 Å². The third-order valence-corrected chi connectivity index (χ3v) is 5.94. The topological polar surface area (TPSA) is 82.3 Å². The number of rotatable bonds is 4. The van der Waals surface area contributed by atoms with Crippen molar-refractivity contribution >= 4 is 22.4 Å². The predicted octanol–water partition coefficient (Wildman–Crippen LogP) is 2.01. The van der Waals surface area contributed by atoms with Gasteiger partial charge in [0, 0.05) is 42.2 Å². The van der Waals surface area contributed by atoms with Crippen molar-refractivity contribution in [3.63, 3.8) is 0 Å². The van der Waals surface area contributed by atoms with Crippen molar-refractivity contribution < 1.29 is 9.90 Å². The summed E-state index contributed by atoms with van der Waals surface area (Å²) in [5.74, 6) is -0.448. The zero-order valence-corrected chi connectivity index (χ0v) is 14.7. The lowest BCUT2D eigenvalue weighted by Gasteiger charge is -2.40. The molecule has 5 heteroatoms. The number of hydrogen-bond acceptors (Lipinski definition) is 3. The number of likely N-dealkylation sites (N-methyl/N-ethyl adjacent to an activating group) is 1. The van der Waals surface area contributed by atoms with Gasteiger partial charge in [-0.05, 0) is 48.2 Å². The number of hydrogen-bond donors (Lipinski definition) is 3. The van der Waals surface area contributed by atoms with Crippen LogP contribution in [0.15, 0.2) is 24.4 Å². The minimum atomic E-state index is -0.277. The highest BCUT2D eigenvalue weighted by molar-refractivity contribution is 6.00. The van der Waals surface area contributed by atoms with Crippen molar-refractivity contribution in [3.05, 3.63) is 41.1 Å². The van der Waals surface area contributed by atoms with E-state index in [0.29, 0.717) is 6.54 Å². The Bertz CT molecular complexity index is 863. The van der Waals surface area contributed by atoms with Gasteiger partial charge in [-0.25, -0.2) is 0 Å². The number of aliphatic hydroxyl groups excluding tert-OH is 1. The standard InChI is InChI=1S/C20H25N3O2/c1-3-11(10-24)14-4-5-16-18-12(8-22-16)7-17-15(19(14)18)6-13(20(21)25)9-23(17)2/h4-6,8,11,13,17,22,24H,3,7,9-10H2,1-2H3,(H2,21,25)/t11-,13?,17?/m1/s1. The van der Waals surface area contributed by atoms with Crippen LogP contribution in [0.1, 0.15) is 36.0 Å². The second kappa shape index (κ2) is 6.00. The molecule has 2 aromatic rings. The van der Waals surface area contributed by atoms with Gasteiger partial charge in [0.1, 0.15) is 0 Å².